The highest BCUT2D eigenvalue weighted by Crippen LogP contribution is 2.43. The Balaban J connectivity index is 2.13. The van der Waals surface area contributed by atoms with Crippen molar-refractivity contribution in [2.45, 2.75) is 12.5 Å². The molecule has 2 aromatic carbocycles. The molecule has 0 saturated heterocycles. The zero-order chi connectivity index (χ0) is 18.0. The Morgan fingerprint density at radius 2 is 1.56 bits per heavy atom. The Labute approximate surface area is 149 Å². The highest BCUT2D eigenvalue weighted by Gasteiger charge is 2.28. The molecule has 0 bridgehead atoms. The Morgan fingerprint density at radius 3 is 2.12 bits per heavy atom. The summed E-state index contributed by atoms with van der Waals surface area (Å²) in [7, 11) is 8.75. The van der Waals surface area contributed by atoms with Crippen molar-refractivity contribution in [3.05, 3.63) is 47.0 Å². The zero-order valence-electron chi connectivity index (χ0n) is 15.5. The van der Waals surface area contributed by atoms with Crippen molar-refractivity contribution < 1.29 is 18.9 Å². The van der Waals surface area contributed by atoms with Crippen LogP contribution in [0.15, 0.2) is 30.3 Å². The van der Waals surface area contributed by atoms with Crippen molar-refractivity contribution in [2.75, 3.05) is 42.0 Å². The second-order valence-corrected chi connectivity index (χ2v) is 6.16. The molecular weight excluding hydrogens is 318 g/mol. The van der Waals surface area contributed by atoms with Gasteiger partial charge in [0.2, 0.25) is 5.75 Å². The average molecular weight is 343 g/mol. The maximum absolute atomic E-state index is 5.53. The van der Waals surface area contributed by atoms with Crippen molar-refractivity contribution in [2.24, 2.45) is 0 Å². The number of fused-ring (bicyclic) bond motifs is 1. The Morgan fingerprint density at radius 1 is 0.880 bits per heavy atom. The molecule has 5 heteroatoms. The first kappa shape index (κ1) is 17.4. The molecular formula is C20H25NO4. The molecule has 0 aromatic heterocycles. The molecule has 1 aliphatic rings. The minimum absolute atomic E-state index is 0.128. The van der Waals surface area contributed by atoms with Gasteiger partial charge in [0.05, 0.1) is 34.5 Å². The Kier molecular flexibility index (Phi) is 5.04. The number of benzene rings is 2. The molecule has 1 aliphatic heterocycles. The van der Waals surface area contributed by atoms with Crippen molar-refractivity contribution in [3.8, 4) is 23.0 Å². The molecule has 0 fully saturated rings. The van der Waals surface area contributed by atoms with Crippen LogP contribution in [0.25, 0.3) is 0 Å². The van der Waals surface area contributed by atoms with Crippen LogP contribution in [0.2, 0.25) is 0 Å². The predicted octanol–water partition coefficient (Wildman–Crippen LogP) is 3.30. The topological polar surface area (TPSA) is 40.2 Å². The summed E-state index contributed by atoms with van der Waals surface area (Å²) in [5.74, 6) is 2.85. The van der Waals surface area contributed by atoms with Gasteiger partial charge in [-0.05, 0) is 54.4 Å². The number of methoxy groups -OCH3 is 4. The van der Waals surface area contributed by atoms with Crippen LogP contribution in [-0.2, 0) is 6.42 Å². The van der Waals surface area contributed by atoms with E-state index in [9.17, 15) is 0 Å². The first-order chi connectivity index (χ1) is 12.1. The number of hydrogen-bond donors (Lipinski definition) is 0. The normalized spacial score (nSPS) is 16.9. The third-order valence-corrected chi connectivity index (χ3v) is 4.82. The smallest absolute Gasteiger partial charge is 0.203 e. The lowest BCUT2D eigenvalue weighted by atomic mass is 9.88. The molecule has 0 saturated carbocycles. The third kappa shape index (κ3) is 3.12. The van der Waals surface area contributed by atoms with Crippen molar-refractivity contribution in [1.29, 1.82) is 0 Å². The van der Waals surface area contributed by atoms with E-state index in [1.54, 1.807) is 28.4 Å². The van der Waals surface area contributed by atoms with Crippen LogP contribution < -0.4 is 18.9 Å². The fourth-order valence-electron chi connectivity index (χ4n) is 3.55. The number of likely N-dealkylation sites (N-methyl/N-ethyl adjacent to an activating group) is 1. The van der Waals surface area contributed by atoms with Crippen LogP contribution in [-0.4, -0.2) is 46.9 Å². The number of rotatable bonds is 5. The maximum atomic E-state index is 5.53. The Hall–Kier alpha value is -2.40. The fraction of sp³-hybridized carbons (Fsp3) is 0.400. The lowest BCUT2D eigenvalue weighted by Crippen LogP contribution is -2.32. The van der Waals surface area contributed by atoms with E-state index in [0.29, 0.717) is 17.2 Å². The van der Waals surface area contributed by atoms with E-state index in [0.717, 1.165) is 24.3 Å². The van der Waals surface area contributed by atoms with E-state index in [-0.39, 0.29) is 6.04 Å². The quantitative estimate of drug-likeness (QED) is 0.833. The minimum Gasteiger partial charge on any atom is -0.497 e. The van der Waals surface area contributed by atoms with Gasteiger partial charge in [0.15, 0.2) is 11.5 Å². The van der Waals surface area contributed by atoms with E-state index >= 15 is 0 Å². The fourth-order valence-corrected chi connectivity index (χ4v) is 3.55. The van der Waals surface area contributed by atoms with Gasteiger partial charge in [-0.3, -0.25) is 4.90 Å². The maximum Gasteiger partial charge on any atom is 0.203 e. The molecule has 0 spiro atoms. The van der Waals surface area contributed by atoms with Crippen LogP contribution in [0.1, 0.15) is 22.7 Å². The van der Waals surface area contributed by atoms with E-state index < -0.39 is 0 Å². The third-order valence-electron chi connectivity index (χ3n) is 4.82. The van der Waals surface area contributed by atoms with Crippen LogP contribution in [0.5, 0.6) is 23.0 Å². The van der Waals surface area contributed by atoms with Gasteiger partial charge in [-0.2, -0.15) is 0 Å². The average Bonchev–Trinajstić information content (AvgIpc) is 2.66. The van der Waals surface area contributed by atoms with Gasteiger partial charge in [0.25, 0.3) is 0 Å². The molecule has 134 valence electrons. The Bertz CT molecular complexity index is 734. The van der Waals surface area contributed by atoms with Crippen LogP contribution in [0.3, 0.4) is 0 Å². The van der Waals surface area contributed by atoms with Gasteiger partial charge in [-0.1, -0.05) is 6.07 Å². The van der Waals surface area contributed by atoms with Crippen LogP contribution >= 0.6 is 0 Å². The van der Waals surface area contributed by atoms with Crippen LogP contribution in [0, 0.1) is 0 Å². The molecule has 1 atom stereocenters. The lowest BCUT2D eigenvalue weighted by Gasteiger charge is -2.35. The van der Waals surface area contributed by atoms with Crippen molar-refractivity contribution >= 4 is 0 Å². The standard InChI is InChI=1S/C20H25NO4/c1-21-9-8-13-10-15(22-2)6-7-16(13)19(21)14-11-17(23-3)20(25-5)18(12-14)24-4/h6-7,10-12,19H,8-9H2,1-5H3. The summed E-state index contributed by atoms with van der Waals surface area (Å²) >= 11 is 0. The highest BCUT2D eigenvalue weighted by atomic mass is 16.5. The van der Waals surface area contributed by atoms with Gasteiger partial charge in [-0.15, -0.1) is 0 Å². The second-order valence-electron chi connectivity index (χ2n) is 6.16. The monoisotopic (exact) mass is 343 g/mol. The summed E-state index contributed by atoms with van der Waals surface area (Å²) in [6.07, 6.45) is 1.00. The lowest BCUT2D eigenvalue weighted by molar-refractivity contribution is 0.261. The molecule has 25 heavy (non-hydrogen) atoms. The SMILES string of the molecule is COc1ccc2c(c1)CCN(C)C2c1cc(OC)c(OC)c(OC)c1. The van der Waals surface area contributed by atoms with Gasteiger partial charge >= 0.3 is 0 Å². The predicted molar refractivity (Wildman–Crippen MR) is 97.3 cm³/mol. The van der Waals surface area contributed by atoms with Gasteiger partial charge in [0.1, 0.15) is 5.75 Å². The van der Waals surface area contributed by atoms with E-state index in [1.807, 2.05) is 18.2 Å². The van der Waals surface area contributed by atoms with Crippen molar-refractivity contribution in [3.63, 3.8) is 0 Å². The largest absolute Gasteiger partial charge is 0.497 e. The summed E-state index contributed by atoms with van der Waals surface area (Å²) in [4.78, 5) is 2.34. The summed E-state index contributed by atoms with van der Waals surface area (Å²) < 4.78 is 21.9. The number of hydrogen-bond acceptors (Lipinski definition) is 5. The summed E-state index contributed by atoms with van der Waals surface area (Å²) in [5, 5.41) is 0. The number of ether oxygens (including phenoxy) is 4. The first-order valence-electron chi connectivity index (χ1n) is 8.29. The van der Waals surface area contributed by atoms with Crippen molar-refractivity contribution in [1.82, 2.24) is 4.90 Å². The van der Waals surface area contributed by atoms with Gasteiger partial charge < -0.3 is 18.9 Å². The molecule has 1 heterocycles. The van der Waals surface area contributed by atoms with Crippen LogP contribution in [0.4, 0.5) is 0 Å². The minimum atomic E-state index is 0.128. The molecule has 0 radical (unpaired) electrons. The first-order valence-corrected chi connectivity index (χ1v) is 8.29. The van der Waals surface area contributed by atoms with E-state index in [1.165, 1.54) is 11.1 Å². The summed E-state index contributed by atoms with van der Waals surface area (Å²) in [6, 6.07) is 10.5. The van der Waals surface area contributed by atoms with Gasteiger partial charge in [-0.25, -0.2) is 0 Å². The zero-order valence-corrected chi connectivity index (χ0v) is 15.5. The van der Waals surface area contributed by atoms with E-state index in [4.69, 9.17) is 18.9 Å². The molecule has 5 nitrogen and oxygen atoms in total. The molecule has 3 rings (SSSR count). The second kappa shape index (κ2) is 7.23. The summed E-state index contributed by atoms with van der Waals surface area (Å²) in [5.41, 5.74) is 3.71. The molecule has 0 amide bonds. The van der Waals surface area contributed by atoms with Gasteiger partial charge in [0, 0.05) is 6.54 Å². The molecule has 1 unspecified atom stereocenters. The molecule has 0 N–H and O–H groups in total. The summed E-state index contributed by atoms with van der Waals surface area (Å²) in [6.45, 7) is 0.974. The van der Waals surface area contributed by atoms with E-state index in [2.05, 4.69) is 24.1 Å². The molecule has 0 aliphatic carbocycles. The molecule has 2 aromatic rings. The number of nitrogens with zero attached hydrogens (tertiary/aromatic N) is 1. The highest BCUT2D eigenvalue weighted by molar-refractivity contribution is 5.56.